The number of nitrogens with zero attached hydrogens (tertiary/aromatic N) is 2. The summed E-state index contributed by atoms with van der Waals surface area (Å²) in [5.41, 5.74) is 5.86. The first-order valence-electron chi connectivity index (χ1n) is 7.31. The van der Waals surface area contributed by atoms with Crippen LogP contribution in [0.5, 0.6) is 0 Å². The summed E-state index contributed by atoms with van der Waals surface area (Å²) in [5.74, 6) is 5.24. The van der Waals surface area contributed by atoms with Crippen molar-refractivity contribution in [3.05, 3.63) is 11.7 Å². The van der Waals surface area contributed by atoms with Gasteiger partial charge in [0.15, 0.2) is 5.82 Å². The summed E-state index contributed by atoms with van der Waals surface area (Å²) in [4.78, 5) is 4.57. The van der Waals surface area contributed by atoms with Gasteiger partial charge in [0.1, 0.15) is 0 Å². The predicted octanol–water partition coefficient (Wildman–Crippen LogP) is 3.19. The van der Waals surface area contributed by atoms with Crippen LogP contribution in [0.15, 0.2) is 4.52 Å². The van der Waals surface area contributed by atoms with Gasteiger partial charge in [-0.1, -0.05) is 31.8 Å². The first-order valence-corrected chi connectivity index (χ1v) is 8.46. The Labute approximate surface area is 119 Å². The molecule has 2 unspecified atom stereocenters. The largest absolute Gasteiger partial charge is 0.339 e. The van der Waals surface area contributed by atoms with Gasteiger partial charge in [0.2, 0.25) is 5.89 Å². The minimum absolute atomic E-state index is 0.384. The maximum absolute atomic E-state index is 5.86. The van der Waals surface area contributed by atoms with Crippen LogP contribution in [-0.4, -0.2) is 22.4 Å². The van der Waals surface area contributed by atoms with Gasteiger partial charge < -0.3 is 10.3 Å². The number of nitrogens with two attached hydrogens (primary N) is 1. The Balaban J connectivity index is 1.91. The third-order valence-corrected chi connectivity index (χ3v) is 5.06. The van der Waals surface area contributed by atoms with Crippen LogP contribution < -0.4 is 5.73 Å². The maximum Gasteiger partial charge on any atom is 0.230 e. The molecule has 5 heteroatoms. The average Bonchev–Trinajstić information content (AvgIpc) is 2.87. The van der Waals surface area contributed by atoms with Crippen LogP contribution in [0.1, 0.15) is 57.2 Å². The number of thioether (sulfide) groups is 1. The van der Waals surface area contributed by atoms with Crippen LogP contribution in [0, 0.1) is 11.8 Å². The van der Waals surface area contributed by atoms with E-state index in [9.17, 15) is 0 Å². The minimum Gasteiger partial charge on any atom is -0.339 e. The Morgan fingerprint density at radius 1 is 1.37 bits per heavy atom. The molecule has 0 radical (unpaired) electrons. The van der Waals surface area contributed by atoms with Gasteiger partial charge >= 0.3 is 0 Å². The maximum atomic E-state index is 5.86. The van der Waals surface area contributed by atoms with Crippen LogP contribution in [0.4, 0.5) is 0 Å². The lowest BCUT2D eigenvalue weighted by Crippen LogP contribution is -2.25. The zero-order valence-electron chi connectivity index (χ0n) is 12.0. The van der Waals surface area contributed by atoms with E-state index < -0.39 is 0 Å². The topological polar surface area (TPSA) is 64.9 Å². The molecule has 2 N–H and O–H groups in total. The Bertz CT molecular complexity index is 381. The first-order chi connectivity index (χ1) is 9.20. The lowest BCUT2D eigenvalue weighted by molar-refractivity contribution is 0.249. The summed E-state index contributed by atoms with van der Waals surface area (Å²) >= 11 is 1.87. The number of rotatable bonds is 6. The van der Waals surface area contributed by atoms with Gasteiger partial charge in [-0.2, -0.15) is 16.7 Å². The second-order valence-electron chi connectivity index (χ2n) is 5.84. The smallest absolute Gasteiger partial charge is 0.230 e. The fourth-order valence-corrected chi connectivity index (χ4v) is 3.57. The van der Waals surface area contributed by atoms with Crippen LogP contribution >= 0.6 is 11.8 Å². The van der Waals surface area contributed by atoms with Crippen molar-refractivity contribution >= 4 is 11.8 Å². The van der Waals surface area contributed by atoms with Gasteiger partial charge in [-0.25, -0.2) is 0 Å². The fourth-order valence-electron chi connectivity index (χ4n) is 2.68. The minimum atomic E-state index is 0.384. The van der Waals surface area contributed by atoms with Gasteiger partial charge in [-0.15, -0.1) is 0 Å². The van der Waals surface area contributed by atoms with E-state index in [0.29, 0.717) is 17.8 Å². The highest BCUT2D eigenvalue weighted by atomic mass is 32.2. The van der Waals surface area contributed by atoms with E-state index >= 15 is 0 Å². The SMILES string of the molecule is CC(C)CSCc1noc(C2CCCCC2CN)n1. The number of hydrogen-bond acceptors (Lipinski definition) is 5. The summed E-state index contributed by atoms with van der Waals surface area (Å²) in [6.45, 7) is 5.18. The van der Waals surface area contributed by atoms with E-state index in [1.165, 1.54) is 19.3 Å². The van der Waals surface area contributed by atoms with E-state index in [2.05, 4.69) is 24.0 Å². The number of hydrogen-bond donors (Lipinski definition) is 1. The molecule has 2 atom stereocenters. The van der Waals surface area contributed by atoms with Gasteiger partial charge in [-0.05, 0) is 37.0 Å². The van der Waals surface area contributed by atoms with E-state index in [1.54, 1.807) is 0 Å². The summed E-state index contributed by atoms with van der Waals surface area (Å²) in [6.07, 6.45) is 4.87. The molecule has 2 rings (SSSR count). The molecule has 1 heterocycles. The number of aromatic nitrogens is 2. The van der Waals surface area contributed by atoms with Crippen molar-refractivity contribution in [2.24, 2.45) is 17.6 Å². The monoisotopic (exact) mass is 283 g/mol. The van der Waals surface area contributed by atoms with Crippen LogP contribution in [-0.2, 0) is 5.75 Å². The lowest BCUT2D eigenvalue weighted by atomic mass is 9.79. The molecule has 108 valence electrons. The summed E-state index contributed by atoms with van der Waals surface area (Å²) in [5, 5.41) is 4.11. The average molecular weight is 283 g/mol. The standard InChI is InChI=1S/C14H25N3OS/c1-10(2)8-19-9-13-16-14(18-17-13)12-6-4-3-5-11(12)7-15/h10-12H,3-9,15H2,1-2H3. The molecule has 1 aromatic heterocycles. The first kappa shape index (κ1) is 14.9. The fraction of sp³-hybridized carbons (Fsp3) is 0.857. The highest BCUT2D eigenvalue weighted by Crippen LogP contribution is 2.36. The Hall–Kier alpha value is -0.550. The van der Waals surface area contributed by atoms with Gasteiger partial charge in [0.25, 0.3) is 0 Å². The van der Waals surface area contributed by atoms with Gasteiger partial charge in [-0.3, -0.25) is 0 Å². The summed E-state index contributed by atoms with van der Waals surface area (Å²) < 4.78 is 5.46. The third kappa shape index (κ3) is 4.21. The molecule has 1 saturated carbocycles. The molecule has 0 saturated heterocycles. The molecule has 0 spiro atoms. The zero-order chi connectivity index (χ0) is 13.7. The van der Waals surface area contributed by atoms with Crippen molar-refractivity contribution in [3.63, 3.8) is 0 Å². The van der Waals surface area contributed by atoms with E-state index in [4.69, 9.17) is 10.3 Å². The van der Waals surface area contributed by atoms with Crippen molar-refractivity contribution in [2.75, 3.05) is 12.3 Å². The van der Waals surface area contributed by atoms with Gasteiger partial charge in [0, 0.05) is 5.92 Å². The van der Waals surface area contributed by atoms with Crippen LogP contribution in [0.2, 0.25) is 0 Å². The third-order valence-electron chi connectivity index (χ3n) is 3.70. The molecule has 19 heavy (non-hydrogen) atoms. The highest BCUT2D eigenvalue weighted by molar-refractivity contribution is 7.98. The molecule has 0 aliphatic heterocycles. The van der Waals surface area contributed by atoms with Gasteiger partial charge in [0.05, 0.1) is 5.75 Å². The molecule has 0 bridgehead atoms. The van der Waals surface area contributed by atoms with E-state index in [1.807, 2.05) is 11.8 Å². The lowest BCUT2D eigenvalue weighted by Gasteiger charge is -2.27. The molecule has 4 nitrogen and oxygen atoms in total. The summed E-state index contributed by atoms with van der Waals surface area (Å²) in [7, 11) is 0. The Morgan fingerprint density at radius 2 is 2.16 bits per heavy atom. The van der Waals surface area contributed by atoms with Crippen molar-refractivity contribution in [1.82, 2.24) is 10.1 Å². The van der Waals surface area contributed by atoms with E-state index in [-0.39, 0.29) is 0 Å². The molecule has 1 aliphatic rings. The van der Waals surface area contributed by atoms with E-state index in [0.717, 1.165) is 36.2 Å². The normalized spacial score (nSPS) is 24.0. The van der Waals surface area contributed by atoms with Crippen molar-refractivity contribution in [3.8, 4) is 0 Å². The highest BCUT2D eigenvalue weighted by Gasteiger charge is 2.29. The second kappa shape index (κ2) is 7.29. The molecule has 1 fully saturated rings. The second-order valence-corrected chi connectivity index (χ2v) is 6.87. The molecule has 1 aromatic rings. The predicted molar refractivity (Wildman–Crippen MR) is 79.1 cm³/mol. The molecular formula is C14H25N3OS. The molecule has 0 amide bonds. The Morgan fingerprint density at radius 3 is 2.89 bits per heavy atom. The Kier molecular flexibility index (Phi) is 5.70. The van der Waals surface area contributed by atoms with Crippen LogP contribution in [0.25, 0.3) is 0 Å². The quantitative estimate of drug-likeness (QED) is 0.868. The van der Waals surface area contributed by atoms with Crippen molar-refractivity contribution < 1.29 is 4.52 Å². The van der Waals surface area contributed by atoms with Crippen molar-refractivity contribution in [1.29, 1.82) is 0 Å². The van der Waals surface area contributed by atoms with Crippen LogP contribution in [0.3, 0.4) is 0 Å². The zero-order valence-corrected chi connectivity index (χ0v) is 12.8. The molecular weight excluding hydrogens is 258 g/mol. The molecule has 0 aromatic carbocycles. The van der Waals surface area contributed by atoms with Crippen molar-refractivity contribution in [2.45, 2.75) is 51.2 Å². The summed E-state index contributed by atoms with van der Waals surface area (Å²) in [6, 6.07) is 0. The molecule has 1 aliphatic carbocycles.